The molecule has 1 atom stereocenters. The summed E-state index contributed by atoms with van der Waals surface area (Å²) in [5.41, 5.74) is -1.01. The Morgan fingerprint density at radius 1 is 1.58 bits per heavy atom. The van der Waals surface area contributed by atoms with Crippen LogP contribution in [0.3, 0.4) is 0 Å². The Hall–Kier alpha value is -0.150. The Balaban J connectivity index is 2.26. The molecule has 1 saturated heterocycles. The fourth-order valence-electron chi connectivity index (χ4n) is 1.78. The lowest BCUT2D eigenvalue weighted by atomic mass is 9.97. The summed E-state index contributed by atoms with van der Waals surface area (Å²) in [5.74, 6) is 0. The molecule has 0 unspecified atom stereocenters. The summed E-state index contributed by atoms with van der Waals surface area (Å²) in [7, 11) is 0. The number of nitrogens with zero attached hydrogens (tertiary/aromatic N) is 1. The molecule has 72 valence electrons. The normalized spacial score (nSPS) is 32.2. The van der Waals surface area contributed by atoms with E-state index in [-0.39, 0.29) is 6.61 Å². The van der Waals surface area contributed by atoms with Crippen molar-refractivity contribution in [3.63, 3.8) is 0 Å². The van der Waals surface area contributed by atoms with E-state index >= 15 is 0 Å². The Morgan fingerprint density at radius 3 is 2.92 bits per heavy atom. The highest BCUT2D eigenvalue weighted by Crippen LogP contribution is 2.24. The van der Waals surface area contributed by atoms with Crippen LogP contribution in [0.1, 0.15) is 26.2 Å². The van der Waals surface area contributed by atoms with Gasteiger partial charge in [0, 0.05) is 19.7 Å². The fourth-order valence-corrected chi connectivity index (χ4v) is 1.78. The largest absolute Gasteiger partial charge is 0.396 e. The standard InChI is InChI=1S/C9H18FNO/c1-9(10)4-2-5-11(8-9)6-3-7-12/h12H,2-8H2,1H3/t9-/m0/s1. The third kappa shape index (κ3) is 3.07. The van der Waals surface area contributed by atoms with E-state index in [1.807, 2.05) is 0 Å². The lowest BCUT2D eigenvalue weighted by Gasteiger charge is -2.34. The summed E-state index contributed by atoms with van der Waals surface area (Å²) in [6.45, 7) is 4.22. The lowest BCUT2D eigenvalue weighted by Crippen LogP contribution is -2.43. The molecule has 1 N–H and O–H groups in total. The van der Waals surface area contributed by atoms with Gasteiger partial charge in [-0.1, -0.05) is 0 Å². The number of hydrogen-bond acceptors (Lipinski definition) is 2. The van der Waals surface area contributed by atoms with E-state index in [1.54, 1.807) is 6.92 Å². The van der Waals surface area contributed by atoms with Gasteiger partial charge in [-0.2, -0.15) is 0 Å². The number of piperidine rings is 1. The van der Waals surface area contributed by atoms with Gasteiger partial charge < -0.3 is 10.0 Å². The minimum Gasteiger partial charge on any atom is -0.396 e. The maximum atomic E-state index is 13.4. The van der Waals surface area contributed by atoms with E-state index in [2.05, 4.69) is 4.90 Å². The van der Waals surface area contributed by atoms with E-state index < -0.39 is 5.67 Å². The van der Waals surface area contributed by atoms with Gasteiger partial charge in [-0.15, -0.1) is 0 Å². The van der Waals surface area contributed by atoms with Crippen molar-refractivity contribution >= 4 is 0 Å². The molecule has 0 radical (unpaired) electrons. The average molecular weight is 175 g/mol. The van der Waals surface area contributed by atoms with E-state index in [0.29, 0.717) is 13.0 Å². The van der Waals surface area contributed by atoms with E-state index in [4.69, 9.17) is 5.11 Å². The van der Waals surface area contributed by atoms with E-state index in [1.165, 1.54) is 0 Å². The van der Waals surface area contributed by atoms with E-state index in [9.17, 15) is 4.39 Å². The molecule has 2 nitrogen and oxygen atoms in total. The quantitative estimate of drug-likeness (QED) is 0.696. The van der Waals surface area contributed by atoms with Crippen LogP contribution in [-0.2, 0) is 0 Å². The van der Waals surface area contributed by atoms with Gasteiger partial charge in [0.2, 0.25) is 0 Å². The van der Waals surface area contributed by atoms with Crippen LogP contribution >= 0.6 is 0 Å². The third-order valence-corrected chi connectivity index (χ3v) is 2.36. The van der Waals surface area contributed by atoms with Crippen molar-refractivity contribution in [2.45, 2.75) is 31.9 Å². The van der Waals surface area contributed by atoms with Gasteiger partial charge >= 0.3 is 0 Å². The van der Waals surface area contributed by atoms with Gasteiger partial charge in [0.05, 0.1) is 0 Å². The molecule has 0 saturated carbocycles. The zero-order valence-electron chi connectivity index (χ0n) is 7.72. The lowest BCUT2D eigenvalue weighted by molar-refractivity contribution is 0.0570. The Morgan fingerprint density at radius 2 is 2.33 bits per heavy atom. The Labute approximate surface area is 73.4 Å². The Bertz CT molecular complexity index is 138. The van der Waals surface area contributed by atoms with Crippen molar-refractivity contribution in [2.75, 3.05) is 26.2 Å². The first-order chi connectivity index (χ1) is 5.64. The van der Waals surface area contributed by atoms with Crippen LogP contribution in [0.15, 0.2) is 0 Å². The molecule has 1 fully saturated rings. The molecule has 1 heterocycles. The molecule has 0 aromatic heterocycles. The van der Waals surface area contributed by atoms with E-state index in [0.717, 1.165) is 25.9 Å². The van der Waals surface area contributed by atoms with Gasteiger partial charge in [-0.25, -0.2) is 4.39 Å². The number of aliphatic hydroxyl groups is 1. The molecule has 0 aliphatic carbocycles. The maximum absolute atomic E-state index is 13.4. The summed E-state index contributed by atoms with van der Waals surface area (Å²) in [6.07, 6.45) is 2.39. The predicted octanol–water partition coefficient (Wildman–Crippen LogP) is 1.19. The van der Waals surface area contributed by atoms with Crippen LogP contribution in [0.5, 0.6) is 0 Å². The molecule has 0 aromatic rings. The minimum atomic E-state index is -1.01. The zero-order chi connectivity index (χ0) is 9.03. The summed E-state index contributed by atoms with van der Waals surface area (Å²) >= 11 is 0. The SMILES string of the molecule is C[C@]1(F)CCCN(CCCO)C1. The topological polar surface area (TPSA) is 23.5 Å². The molecular formula is C9H18FNO. The first-order valence-electron chi connectivity index (χ1n) is 4.66. The van der Waals surface area contributed by atoms with Crippen LogP contribution in [0.25, 0.3) is 0 Å². The average Bonchev–Trinajstić information content (AvgIpc) is 1.99. The van der Waals surface area contributed by atoms with Crippen molar-refractivity contribution in [2.24, 2.45) is 0 Å². The van der Waals surface area contributed by atoms with Crippen molar-refractivity contribution in [1.82, 2.24) is 4.90 Å². The molecule has 1 aliphatic rings. The molecule has 3 heteroatoms. The number of rotatable bonds is 3. The summed E-state index contributed by atoms with van der Waals surface area (Å²) < 4.78 is 13.4. The number of alkyl halides is 1. The fraction of sp³-hybridized carbons (Fsp3) is 1.00. The summed E-state index contributed by atoms with van der Waals surface area (Å²) in [4.78, 5) is 2.10. The van der Waals surface area contributed by atoms with Gasteiger partial charge in [-0.05, 0) is 32.7 Å². The molecule has 0 spiro atoms. The maximum Gasteiger partial charge on any atom is 0.120 e. The highest BCUT2D eigenvalue weighted by atomic mass is 19.1. The highest BCUT2D eigenvalue weighted by Gasteiger charge is 2.29. The van der Waals surface area contributed by atoms with Crippen LogP contribution in [0.2, 0.25) is 0 Å². The minimum absolute atomic E-state index is 0.208. The summed E-state index contributed by atoms with van der Waals surface area (Å²) in [5, 5.41) is 8.61. The second-order valence-electron chi connectivity index (χ2n) is 3.87. The third-order valence-electron chi connectivity index (χ3n) is 2.36. The van der Waals surface area contributed by atoms with Crippen LogP contribution < -0.4 is 0 Å². The number of halogens is 1. The van der Waals surface area contributed by atoms with Gasteiger partial charge in [0.15, 0.2) is 0 Å². The summed E-state index contributed by atoms with van der Waals surface area (Å²) in [6, 6.07) is 0. The number of likely N-dealkylation sites (tertiary alicyclic amines) is 1. The molecule has 12 heavy (non-hydrogen) atoms. The monoisotopic (exact) mass is 175 g/mol. The second-order valence-corrected chi connectivity index (χ2v) is 3.87. The second kappa shape index (κ2) is 4.19. The molecular weight excluding hydrogens is 157 g/mol. The van der Waals surface area contributed by atoms with Crippen LogP contribution in [0.4, 0.5) is 4.39 Å². The zero-order valence-corrected chi connectivity index (χ0v) is 7.72. The molecule has 1 rings (SSSR count). The van der Waals surface area contributed by atoms with Crippen molar-refractivity contribution < 1.29 is 9.50 Å². The molecule has 0 aromatic carbocycles. The first-order valence-corrected chi connectivity index (χ1v) is 4.66. The van der Waals surface area contributed by atoms with Gasteiger partial charge in [-0.3, -0.25) is 0 Å². The van der Waals surface area contributed by atoms with Crippen molar-refractivity contribution in [3.05, 3.63) is 0 Å². The predicted molar refractivity (Wildman–Crippen MR) is 46.9 cm³/mol. The molecule has 1 aliphatic heterocycles. The number of hydrogen-bond donors (Lipinski definition) is 1. The van der Waals surface area contributed by atoms with Crippen LogP contribution in [0, 0.1) is 0 Å². The van der Waals surface area contributed by atoms with Gasteiger partial charge in [0.25, 0.3) is 0 Å². The van der Waals surface area contributed by atoms with Gasteiger partial charge in [0.1, 0.15) is 5.67 Å². The number of aliphatic hydroxyl groups excluding tert-OH is 1. The van der Waals surface area contributed by atoms with Crippen molar-refractivity contribution in [1.29, 1.82) is 0 Å². The Kier molecular flexibility index (Phi) is 3.47. The molecule has 0 amide bonds. The molecule has 0 bridgehead atoms. The highest BCUT2D eigenvalue weighted by molar-refractivity contribution is 4.83. The smallest absolute Gasteiger partial charge is 0.120 e. The first kappa shape index (κ1) is 9.93. The van der Waals surface area contributed by atoms with Crippen molar-refractivity contribution in [3.8, 4) is 0 Å². The van der Waals surface area contributed by atoms with Crippen LogP contribution in [-0.4, -0.2) is 41.9 Å².